The van der Waals surface area contributed by atoms with Crippen LogP contribution in [0, 0.1) is 6.92 Å². The van der Waals surface area contributed by atoms with Gasteiger partial charge in [-0.3, -0.25) is 4.90 Å². The first kappa shape index (κ1) is 27.7. The van der Waals surface area contributed by atoms with E-state index in [0.717, 1.165) is 22.6 Å². The monoisotopic (exact) mass is 537 g/mol. The van der Waals surface area contributed by atoms with Gasteiger partial charge in [-0.05, 0) is 30.7 Å². The molecule has 4 rings (SSSR count). The van der Waals surface area contributed by atoms with Crippen LogP contribution in [0.25, 0.3) is 0 Å². The number of benzene rings is 2. The Balaban J connectivity index is 0.000000274. The van der Waals surface area contributed by atoms with E-state index in [1.807, 2.05) is 6.92 Å². The van der Waals surface area contributed by atoms with Crippen molar-refractivity contribution in [2.75, 3.05) is 53.9 Å². The molecule has 8 heteroatoms. The molecule has 2 aliphatic rings. The highest BCUT2D eigenvalue weighted by molar-refractivity contribution is 7.85. The van der Waals surface area contributed by atoms with Crippen LogP contribution < -0.4 is 17.0 Å². The summed E-state index contributed by atoms with van der Waals surface area (Å²) in [5.74, 6) is 0. The van der Waals surface area contributed by atoms with Crippen LogP contribution in [0.3, 0.4) is 0 Å². The maximum absolute atomic E-state index is 10.4. The maximum Gasteiger partial charge on any atom is 0.171 e. The number of quaternary nitrogens is 1. The normalized spacial score (nSPS) is 18.5. The fraction of sp³-hybridized carbons (Fsp3) is 0.480. The van der Waals surface area contributed by atoms with Crippen molar-refractivity contribution in [1.82, 2.24) is 4.90 Å². The SMILES string of the molecule is C[N+](C)(C)C1CCN(CC[N+]2=Cc3ccccc3CC2)C1.Cc1ccc(S(=O)(=O)[O-])cc1.[Br-]. The number of likely N-dealkylation sites (tertiary alicyclic amines) is 1. The molecule has 2 aliphatic heterocycles. The van der Waals surface area contributed by atoms with E-state index < -0.39 is 10.1 Å². The Morgan fingerprint density at radius 1 is 1.09 bits per heavy atom. The smallest absolute Gasteiger partial charge is 0.171 e. The van der Waals surface area contributed by atoms with Crippen LogP contribution in [-0.2, 0) is 16.5 Å². The minimum Gasteiger partial charge on any atom is -1.00 e. The summed E-state index contributed by atoms with van der Waals surface area (Å²) >= 11 is 0. The second-order valence-electron chi connectivity index (χ2n) is 9.74. The second kappa shape index (κ2) is 11.7. The molecule has 33 heavy (non-hydrogen) atoms. The van der Waals surface area contributed by atoms with E-state index in [4.69, 9.17) is 0 Å². The largest absolute Gasteiger partial charge is 1.00 e. The van der Waals surface area contributed by atoms with Gasteiger partial charge >= 0.3 is 0 Å². The highest BCUT2D eigenvalue weighted by Gasteiger charge is 2.32. The third-order valence-corrected chi connectivity index (χ3v) is 7.25. The van der Waals surface area contributed by atoms with E-state index in [1.54, 1.807) is 12.1 Å². The van der Waals surface area contributed by atoms with Crippen molar-refractivity contribution in [3.05, 3.63) is 65.2 Å². The summed E-state index contributed by atoms with van der Waals surface area (Å²) in [5.41, 5.74) is 3.84. The van der Waals surface area contributed by atoms with Crippen molar-refractivity contribution in [1.29, 1.82) is 0 Å². The molecule has 0 aliphatic carbocycles. The topological polar surface area (TPSA) is 63.5 Å². The summed E-state index contributed by atoms with van der Waals surface area (Å²) in [4.78, 5) is 2.46. The average molecular weight is 539 g/mol. The first-order valence-electron chi connectivity index (χ1n) is 11.3. The molecule has 0 amide bonds. The molecule has 1 fully saturated rings. The van der Waals surface area contributed by atoms with Crippen molar-refractivity contribution in [3.63, 3.8) is 0 Å². The summed E-state index contributed by atoms with van der Waals surface area (Å²) in [7, 11) is 2.70. The molecular formula is C25H36BrN3O3S. The van der Waals surface area contributed by atoms with Gasteiger partial charge in [0.1, 0.15) is 22.7 Å². The molecule has 1 saturated heterocycles. The van der Waals surface area contributed by atoms with Crippen LogP contribution in [-0.4, -0.2) is 93.1 Å². The maximum atomic E-state index is 10.4. The highest BCUT2D eigenvalue weighted by Crippen LogP contribution is 2.17. The van der Waals surface area contributed by atoms with Gasteiger partial charge in [-0.15, -0.1) is 0 Å². The van der Waals surface area contributed by atoms with E-state index in [2.05, 4.69) is 61.1 Å². The van der Waals surface area contributed by atoms with E-state index in [0.29, 0.717) is 0 Å². The predicted molar refractivity (Wildman–Crippen MR) is 127 cm³/mol. The van der Waals surface area contributed by atoms with Crippen molar-refractivity contribution >= 4 is 16.3 Å². The van der Waals surface area contributed by atoms with Gasteiger partial charge in [0.2, 0.25) is 0 Å². The van der Waals surface area contributed by atoms with Crippen molar-refractivity contribution in [2.24, 2.45) is 0 Å². The number of halogens is 1. The summed E-state index contributed by atoms with van der Waals surface area (Å²) in [5, 5.41) is 0. The molecular weight excluding hydrogens is 502 g/mol. The van der Waals surface area contributed by atoms with Crippen LogP contribution in [0.5, 0.6) is 0 Å². The molecule has 1 atom stereocenters. The predicted octanol–water partition coefficient (Wildman–Crippen LogP) is -0.642. The van der Waals surface area contributed by atoms with Gasteiger partial charge in [-0.25, -0.2) is 13.0 Å². The third kappa shape index (κ3) is 8.30. The summed E-state index contributed by atoms with van der Waals surface area (Å²) in [6.45, 7) is 7.89. The first-order valence-corrected chi connectivity index (χ1v) is 12.7. The molecule has 0 spiro atoms. The molecule has 182 valence electrons. The minimum atomic E-state index is -4.27. The lowest BCUT2D eigenvalue weighted by atomic mass is 10.0. The number of fused-ring (bicyclic) bond motifs is 1. The second-order valence-corrected chi connectivity index (χ2v) is 11.1. The highest BCUT2D eigenvalue weighted by atomic mass is 79.9. The Labute approximate surface area is 209 Å². The molecule has 0 aromatic heterocycles. The lowest BCUT2D eigenvalue weighted by Crippen LogP contribution is -3.00. The van der Waals surface area contributed by atoms with Gasteiger partial charge in [0.05, 0.1) is 39.1 Å². The van der Waals surface area contributed by atoms with Gasteiger partial charge < -0.3 is 26.0 Å². The summed E-state index contributed by atoms with van der Waals surface area (Å²) < 4.78 is 34.8. The first-order chi connectivity index (χ1) is 15.0. The Bertz CT molecular complexity index is 1050. The van der Waals surface area contributed by atoms with Gasteiger partial charge in [-0.1, -0.05) is 35.9 Å². The zero-order valence-corrected chi connectivity index (χ0v) is 22.5. The number of nitrogens with zero attached hydrogens (tertiary/aromatic N) is 3. The van der Waals surface area contributed by atoms with E-state index in [-0.39, 0.29) is 21.9 Å². The Hall–Kier alpha value is -1.58. The Morgan fingerprint density at radius 3 is 2.36 bits per heavy atom. The fourth-order valence-electron chi connectivity index (χ4n) is 4.21. The van der Waals surface area contributed by atoms with Crippen LogP contribution in [0.4, 0.5) is 0 Å². The Morgan fingerprint density at radius 2 is 1.76 bits per heavy atom. The van der Waals surface area contributed by atoms with E-state index >= 15 is 0 Å². The van der Waals surface area contributed by atoms with Crippen LogP contribution in [0.1, 0.15) is 23.1 Å². The quantitative estimate of drug-likeness (QED) is 0.289. The fourth-order valence-corrected chi connectivity index (χ4v) is 4.68. The zero-order chi connectivity index (χ0) is 23.4. The molecule has 0 N–H and O–H groups in total. The molecule has 2 aromatic carbocycles. The third-order valence-electron chi connectivity index (χ3n) is 6.40. The van der Waals surface area contributed by atoms with Crippen LogP contribution in [0.15, 0.2) is 53.4 Å². The van der Waals surface area contributed by atoms with Crippen LogP contribution in [0.2, 0.25) is 0 Å². The van der Waals surface area contributed by atoms with Gasteiger partial charge in [0, 0.05) is 24.9 Å². The van der Waals surface area contributed by atoms with Crippen molar-refractivity contribution in [3.8, 4) is 0 Å². The molecule has 2 aromatic rings. The average Bonchev–Trinajstić information content (AvgIpc) is 3.22. The number of hydrogen-bond acceptors (Lipinski definition) is 4. The lowest BCUT2D eigenvalue weighted by Gasteiger charge is -2.31. The summed E-state index contributed by atoms with van der Waals surface area (Å²) in [6, 6.07) is 15.4. The molecule has 0 radical (unpaired) electrons. The van der Waals surface area contributed by atoms with E-state index in [1.165, 1.54) is 62.3 Å². The van der Waals surface area contributed by atoms with Gasteiger partial charge in [-0.2, -0.15) is 0 Å². The zero-order valence-electron chi connectivity index (χ0n) is 20.1. The Kier molecular flexibility index (Phi) is 9.82. The molecule has 1 unspecified atom stereocenters. The molecule has 6 nitrogen and oxygen atoms in total. The molecule has 0 bridgehead atoms. The molecule has 2 heterocycles. The van der Waals surface area contributed by atoms with Crippen molar-refractivity contribution < 1.29 is 39.0 Å². The van der Waals surface area contributed by atoms with Gasteiger partial charge in [0.15, 0.2) is 12.8 Å². The lowest BCUT2D eigenvalue weighted by molar-refractivity contribution is -0.893. The number of hydrogen-bond donors (Lipinski definition) is 0. The minimum absolute atomic E-state index is 0. The van der Waals surface area contributed by atoms with Crippen molar-refractivity contribution in [2.45, 2.75) is 30.7 Å². The standard InChI is InChI=1S/C18H29N3.C7H8O3S.BrH/c1-21(2,3)18-9-11-20(15-18)13-12-19-10-8-16-6-4-5-7-17(16)14-19;1-6-2-4-7(5-3-6)11(8,9)10;/h4-7,14,18H,8-13,15H2,1-3H3;2-5H,1H3,(H,8,9,10);1H/q+2;;/p-2. The number of aryl methyl sites for hydroxylation is 1. The number of likely N-dealkylation sites (N-methyl/N-ethyl adjacent to an activating group) is 1. The van der Waals surface area contributed by atoms with Gasteiger partial charge in [0.25, 0.3) is 0 Å². The summed E-state index contributed by atoms with van der Waals surface area (Å²) in [6.07, 6.45) is 4.89. The number of rotatable bonds is 5. The van der Waals surface area contributed by atoms with Crippen LogP contribution >= 0.6 is 0 Å². The van der Waals surface area contributed by atoms with E-state index in [9.17, 15) is 13.0 Å². The molecule has 0 saturated carbocycles.